The summed E-state index contributed by atoms with van der Waals surface area (Å²) in [5.74, 6) is 3.76. The van der Waals surface area contributed by atoms with Gasteiger partial charge in [0, 0.05) is 24.8 Å². The molecule has 2 aliphatic heterocycles. The molecule has 0 N–H and O–H groups in total. The van der Waals surface area contributed by atoms with Crippen LogP contribution in [0.25, 0.3) is 0 Å². The van der Waals surface area contributed by atoms with Crippen molar-refractivity contribution < 1.29 is 0 Å². The summed E-state index contributed by atoms with van der Waals surface area (Å²) in [7, 11) is 0. The van der Waals surface area contributed by atoms with Crippen LogP contribution in [0.2, 0.25) is 0 Å². The molecule has 0 aromatic carbocycles. The molecule has 0 radical (unpaired) electrons. The molecule has 0 amide bonds. The smallest absolute Gasteiger partial charge is 0.134 e. The third-order valence-electron chi connectivity index (χ3n) is 4.55. The van der Waals surface area contributed by atoms with E-state index in [9.17, 15) is 0 Å². The molecule has 0 spiro atoms. The summed E-state index contributed by atoms with van der Waals surface area (Å²) in [6, 6.07) is 0. The number of thioether (sulfide) groups is 1. The average molecular weight is 281 g/mol. The fraction of sp³-hybridized carbons (Fsp3) is 0.846. The first kappa shape index (κ1) is 11.7. The summed E-state index contributed by atoms with van der Waals surface area (Å²) in [5, 5.41) is 1.26. The highest BCUT2D eigenvalue weighted by Crippen LogP contribution is 2.42. The van der Waals surface area contributed by atoms with Crippen LogP contribution in [0.4, 0.5) is 0 Å². The largest absolute Gasteiger partial charge is 0.302 e. The van der Waals surface area contributed by atoms with Crippen LogP contribution in [0.15, 0.2) is 5.03 Å². The molecule has 3 heterocycles. The van der Waals surface area contributed by atoms with Crippen LogP contribution in [0.3, 0.4) is 0 Å². The zero-order chi connectivity index (χ0) is 11.9. The van der Waals surface area contributed by atoms with E-state index in [4.69, 9.17) is 0 Å². The van der Waals surface area contributed by atoms with Gasteiger partial charge >= 0.3 is 0 Å². The Kier molecular flexibility index (Phi) is 3.09. The average Bonchev–Trinajstić information content (AvgIpc) is 3.03. The number of hydrogen-bond acceptors (Lipinski definition) is 5. The van der Waals surface area contributed by atoms with Crippen molar-refractivity contribution in [1.82, 2.24) is 13.6 Å². The number of piperidine rings is 1. The first-order valence-corrected chi connectivity index (χ1v) is 8.79. The van der Waals surface area contributed by atoms with Crippen LogP contribution in [0, 0.1) is 11.8 Å². The maximum absolute atomic E-state index is 4.64. The van der Waals surface area contributed by atoms with Crippen LogP contribution < -0.4 is 0 Å². The topological polar surface area (TPSA) is 29.0 Å². The maximum Gasteiger partial charge on any atom is 0.134 e. The molecule has 1 aromatic rings. The number of fused-ring (bicyclic) bond motifs is 2. The predicted molar refractivity (Wildman–Crippen MR) is 75.3 cm³/mol. The summed E-state index contributed by atoms with van der Waals surface area (Å²) in [6.45, 7) is 3.83. The Morgan fingerprint density at radius 2 is 2.17 bits per heavy atom. The van der Waals surface area contributed by atoms with Crippen molar-refractivity contribution >= 4 is 23.5 Å². The Balaban J connectivity index is 1.51. The minimum absolute atomic E-state index is 0.674. The van der Waals surface area contributed by atoms with Crippen molar-refractivity contribution in [3.05, 3.63) is 5.69 Å². The van der Waals surface area contributed by atoms with Crippen molar-refractivity contribution in [3.8, 4) is 0 Å². The molecule has 3 unspecified atom stereocenters. The van der Waals surface area contributed by atoms with Crippen LogP contribution in [-0.4, -0.2) is 39.0 Å². The zero-order valence-corrected chi connectivity index (χ0v) is 12.2. The van der Waals surface area contributed by atoms with E-state index in [1.807, 2.05) is 11.8 Å². The van der Waals surface area contributed by atoms with E-state index >= 15 is 0 Å². The van der Waals surface area contributed by atoms with Crippen LogP contribution in [0.5, 0.6) is 0 Å². The molecule has 98 valence electrons. The monoisotopic (exact) mass is 281 g/mol. The van der Waals surface area contributed by atoms with Gasteiger partial charge in [0.15, 0.2) is 0 Å². The SMILES string of the molecule is C1CC2CN(C1)CC2c1nsnc1SCC1CC1. The second-order valence-electron chi connectivity index (χ2n) is 5.98. The van der Waals surface area contributed by atoms with E-state index in [1.165, 1.54) is 73.5 Å². The standard InChI is InChI=1S/C13H19N3S2/c1-2-10-6-16(5-1)7-11(10)12-13(15-18-14-12)17-8-9-3-4-9/h9-11H,1-8H2. The van der Waals surface area contributed by atoms with E-state index in [-0.39, 0.29) is 0 Å². The molecule has 1 aromatic heterocycles. The lowest BCUT2D eigenvalue weighted by Crippen LogP contribution is -2.25. The van der Waals surface area contributed by atoms with Gasteiger partial charge in [0.1, 0.15) is 5.03 Å². The quantitative estimate of drug-likeness (QED) is 0.794. The molecular formula is C13H19N3S2. The zero-order valence-electron chi connectivity index (χ0n) is 10.5. The molecule has 2 bridgehead atoms. The lowest BCUT2D eigenvalue weighted by molar-refractivity contribution is 0.269. The summed E-state index contributed by atoms with van der Waals surface area (Å²) in [6.07, 6.45) is 5.63. The minimum Gasteiger partial charge on any atom is -0.302 e. The van der Waals surface area contributed by atoms with Gasteiger partial charge in [-0.1, -0.05) is 0 Å². The Morgan fingerprint density at radius 1 is 1.22 bits per heavy atom. The van der Waals surface area contributed by atoms with Gasteiger partial charge in [-0.25, -0.2) is 0 Å². The van der Waals surface area contributed by atoms with Crippen LogP contribution >= 0.6 is 23.5 Å². The third kappa shape index (κ3) is 2.21. The van der Waals surface area contributed by atoms with Crippen LogP contribution in [0.1, 0.15) is 37.3 Å². The second-order valence-corrected chi connectivity index (χ2v) is 7.51. The van der Waals surface area contributed by atoms with Crippen molar-refractivity contribution in [1.29, 1.82) is 0 Å². The molecule has 18 heavy (non-hydrogen) atoms. The molecular weight excluding hydrogens is 262 g/mol. The number of rotatable bonds is 4. The summed E-state index contributed by atoms with van der Waals surface area (Å²) in [5.41, 5.74) is 1.33. The van der Waals surface area contributed by atoms with E-state index in [2.05, 4.69) is 13.6 Å². The Labute approximate surface area is 117 Å². The number of aromatic nitrogens is 2. The van der Waals surface area contributed by atoms with Crippen molar-refractivity contribution in [2.45, 2.75) is 36.6 Å². The first-order chi connectivity index (χ1) is 8.90. The van der Waals surface area contributed by atoms with Gasteiger partial charge in [0.05, 0.1) is 17.4 Å². The van der Waals surface area contributed by atoms with Crippen molar-refractivity contribution in [2.75, 3.05) is 25.4 Å². The van der Waals surface area contributed by atoms with Gasteiger partial charge in [0.2, 0.25) is 0 Å². The maximum atomic E-state index is 4.64. The molecule has 3 fully saturated rings. The van der Waals surface area contributed by atoms with E-state index < -0.39 is 0 Å². The van der Waals surface area contributed by atoms with E-state index in [1.54, 1.807) is 0 Å². The number of nitrogens with zero attached hydrogens (tertiary/aromatic N) is 3. The second kappa shape index (κ2) is 4.76. The van der Waals surface area contributed by atoms with Gasteiger partial charge in [0.25, 0.3) is 0 Å². The summed E-state index contributed by atoms with van der Waals surface area (Å²) < 4.78 is 9.19. The summed E-state index contributed by atoms with van der Waals surface area (Å²) in [4.78, 5) is 2.62. The highest BCUT2D eigenvalue weighted by Gasteiger charge is 2.39. The molecule has 1 saturated carbocycles. The molecule has 3 nitrogen and oxygen atoms in total. The molecule has 3 aliphatic rings. The normalized spacial score (nSPS) is 35.0. The van der Waals surface area contributed by atoms with Gasteiger partial charge < -0.3 is 4.90 Å². The van der Waals surface area contributed by atoms with Crippen LogP contribution in [-0.2, 0) is 0 Å². The molecule has 5 heteroatoms. The Bertz CT molecular complexity index is 430. The Hall–Kier alpha value is -0.130. The number of hydrogen-bond donors (Lipinski definition) is 0. The minimum atomic E-state index is 0.674. The molecule has 3 atom stereocenters. The first-order valence-electron chi connectivity index (χ1n) is 7.08. The fourth-order valence-corrected chi connectivity index (χ4v) is 5.28. The fourth-order valence-electron chi connectivity index (χ4n) is 3.32. The van der Waals surface area contributed by atoms with Gasteiger partial charge in [-0.2, -0.15) is 8.75 Å². The molecule has 1 aliphatic carbocycles. The van der Waals surface area contributed by atoms with Gasteiger partial charge in [-0.3, -0.25) is 0 Å². The van der Waals surface area contributed by atoms with Gasteiger partial charge in [-0.05, 0) is 44.1 Å². The van der Waals surface area contributed by atoms with Crippen molar-refractivity contribution in [2.24, 2.45) is 11.8 Å². The highest BCUT2D eigenvalue weighted by molar-refractivity contribution is 7.99. The lowest BCUT2D eigenvalue weighted by atomic mass is 9.89. The molecule has 2 saturated heterocycles. The van der Waals surface area contributed by atoms with Gasteiger partial charge in [-0.15, -0.1) is 11.8 Å². The summed E-state index contributed by atoms with van der Waals surface area (Å²) >= 11 is 3.38. The lowest BCUT2D eigenvalue weighted by Gasteiger charge is -2.21. The Morgan fingerprint density at radius 3 is 3.00 bits per heavy atom. The van der Waals surface area contributed by atoms with Crippen molar-refractivity contribution in [3.63, 3.8) is 0 Å². The third-order valence-corrected chi connectivity index (χ3v) is 6.42. The molecule has 4 rings (SSSR count). The van der Waals surface area contributed by atoms with E-state index in [0.29, 0.717) is 5.92 Å². The predicted octanol–water partition coefficient (Wildman–Crippen LogP) is 2.85. The van der Waals surface area contributed by atoms with E-state index in [0.717, 1.165) is 11.8 Å². The highest BCUT2D eigenvalue weighted by atomic mass is 32.2.